The maximum absolute atomic E-state index is 9.53. The molecule has 0 heterocycles. The first kappa shape index (κ1) is 11.3. The Hall–Kier alpha value is -1.52. The summed E-state index contributed by atoms with van der Waals surface area (Å²) in [5, 5.41) is 7.84. The molecule has 0 aliphatic rings. The average Bonchev–Trinajstić information content (AvgIpc) is 1.62. The third-order valence-corrected chi connectivity index (χ3v) is 0.319. The molecule has 0 aromatic carbocycles. The van der Waals surface area contributed by atoms with Crippen molar-refractivity contribution in [2.24, 2.45) is 11.5 Å². The summed E-state index contributed by atoms with van der Waals surface area (Å²) in [7, 11) is 0. The summed E-state index contributed by atoms with van der Waals surface area (Å²) in [6, 6.07) is -0.833. The van der Waals surface area contributed by atoms with Crippen LogP contribution in [0.5, 0.6) is 0 Å². The summed E-state index contributed by atoms with van der Waals surface area (Å²) < 4.78 is 0. The fraction of sp³-hybridized carbons (Fsp3) is 0.200. The van der Waals surface area contributed by atoms with E-state index < -0.39 is 12.0 Å². The lowest BCUT2D eigenvalue weighted by Gasteiger charge is -1.75. The van der Waals surface area contributed by atoms with Gasteiger partial charge in [-0.05, 0) is 0 Å². The normalized spacial score (nSPS) is 6.80. The van der Waals surface area contributed by atoms with Crippen LogP contribution in [0.4, 0.5) is 4.79 Å². The lowest BCUT2D eigenvalue weighted by atomic mass is 10.4. The van der Waals surface area contributed by atoms with Crippen LogP contribution < -0.4 is 11.5 Å². The number of urea groups is 1. The number of amides is 2. The second-order valence-corrected chi connectivity index (χ2v) is 1.29. The maximum Gasteiger partial charge on any atom is 0.309 e. The number of nitrogens with two attached hydrogens (primary N) is 2. The van der Waals surface area contributed by atoms with E-state index in [1.54, 1.807) is 0 Å². The molecule has 0 fully saturated rings. The molecule has 0 aliphatic carbocycles. The average molecular weight is 146 g/mol. The SMILES string of the molecule is C=CCC(=O)O.NC(N)=O. The standard InChI is InChI=1S/C4H6O2.CH4N2O/c1-2-3-4(5)6;2-1(3)4/h2H,1,3H2,(H,5,6);(H4,2,3,4). The number of carboxylic acids is 1. The molecule has 0 saturated carbocycles. The van der Waals surface area contributed by atoms with Crippen molar-refractivity contribution in [3.05, 3.63) is 12.7 Å². The van der Waals surface area contributed by atoms with Gasteiger partial charge in [0, 0.05) is 0 Å². The van der Waals surface area contributed by atoms with E-state index >= 15 is 0 Å². The molecule has 0 rings (SSSR count). The highest BCUT2D eigenvalue weighted by molar-refractivity contribution is 5.69. The van der Waals surface area contributed by atoms with Crippen molar-refractivity contribution in [3.8, 4) is 0 Å². The summed E-state index contributed by atoms with van der Waals surface area (Å²) in [6.07, 6.45) is 1.41. The molecule has 0 radical (unpaired) electrons. The molecular weight excluding hydrogens is 136 g/mol. The summed E-state index contributed by atoms with van der Waals surface area (Å²) >= 11 is 0. The zero-order valence-corrected chi connectivity index (χ0v) is 5.41. The smallest absolute Gasteiger partial charge is 0.309 e. The van der Waals surface area contributed by atoms with E-state index in [1.165, 1.54) is 6.08 Å². The largest absolute Gasteiger partial charge is 0.481 e. The molecule has 2 amide bonds. The monoisotopic (exact) mass is 146 g/mol. The Morgan fingerprint density at radius 3 is 1.80 bits per heavy atom. The Balaban J connectivity index is 0. The molecule has 5 heteroatoms. The first-order valence-corrected chi connectivity index (χ1v) is 2.38. The second-order valence-electron chi connectivity index (χ2n) is 1.29. The first-order valence-electron chi connectivity index (χ1n) is 2.38. The fourth-order valence-corrected chi connectivity index (χ4v) is 0.123. The van der Waals surface area contributed by atoms with E-state index in [4.69, 9.17) is 9.90 Å². The van der Waals surface area contributed by atoms with E-state index in [0.717, 1.165) is 0 Å². The minimum atomic E-state index is -0.833. The third-order valence-electron chi connectivity index (χ3n) is 0.319. The number of primary amides is 2. The summed E-state index contributed by atoms with van der Waals surface area (Å²) in [5.74, 6) is -0.829. The van der Waals surface area contributed by atoms with E-state index in [9.17, 15) is 4.79 Å². The molecule has 0 aromatic heterocycles. The van der Waals surface area contributed by atoms with Gasteiger partial charge in [-0.1, -0.05) is 6.08 Å². The number of carbonyl (C=O) groups is 2. The van der Waals surface area contributed by atoms with Crippen molar-refractivity contribution >= 4 is 12.0 Å². The Morgan fingerprint density at radius 1 is 1.50 bits per heavy atom. The topological polar surface area (TPSA) is 106 Å². The van der Waals surface area contributed by atoms with Crippen LogP contribution in [-0.4, -0.2) is 17.1 Å². The van der Waals surface area contributed by atoms with Crippen LogP contribution in [-0.2, 0) is 4.79 Å². The van der Waals surface area contributed by atoms with Crippen molar-refractivity contribution in [1.82, 2.24) is 0 Å². The third kappa shape index (κ3) is 88.8. The number of aliphatic carboxylic acids is 1. The van der Waals surface area contributed by atoms with Gasteiger partial charge in [-0.3, -0.25) is 4.79 Å². The van der Waals surface area contributed by atoms with Crippen LogP contribution in [0, 0.1) is 0 Å². The van der Waals surface area contributed by atoms with Crippen LogP contribution in [0.25, 0.3) is 0 Å². The van der Waals surface area contributed by atoms with Crippen LogP contribution in [0.15, 0.2) is 12.7 Å². The van der Waals surface area contributed by atoms with Crippen LogP contribution in [0.1, 0.15) is 6.42 Å². The highest BCUT2D eigenvalue weighted by atomic mass is 16.4. The van der Waals surface area contributed by atoms with E-state index in [0.29, 0.717) is 0 Å². The minimum absolute atomic E-state index is 0.0556. The molecule has 5 N–H and O–H groups in total. The van der Waals surface area contributed by atoms with Gasteiger partial charge in [0.15, 0.2) is 0 Å². The number of carboxylic acid groups (broad SMARTS) is 1. The minimum Gasteiger partial charge on any atom is -0.481 e. The van der Waals surface area contributed by atoms with Crippen LogP contribution in [0.2, 0.25) is 0 Å². The Morgan fingerprint density at radius 2 is 1.80 bits per heavy atom. The molecule has 0 saturated heterocycles. The van der Waals surface area contributed by atoms with E-state index in [-0.39, 0.29) is 6.42 Å². The van der Waals surface area contributed by atoms with Gasteiger partial charge < -0.3 is 16.6 Å². The van der Waals surface area contributed by atoms with Crippen molar-refractivity contribution < 1.29 is 14.7 Å². The molecule has 0 aliphatic heterocycles. The molecule has 0 aromatic rings. The number of hydrogen-bond donors (Lipinski definition) is 3. The van der Waals surface area contributed by atoms with E-state index in [1.807, 2.05) is 0 Å². The lowest BCUT2D eigenvalue weighted by Crippen LogP contribution is -2.18. The molecular formula is C5H10N2O3. The van der Waals surface area contributed by atoms with Crippen molar-refractivity contribution in [3.63, 3.8) is 0 Å². The predicted octanol–water partition coefficient (Wildman–Crippen LogP) is -0.329. The fourth-order valence-electron chi connectivity index (χ4n) is 0.123. The number of rotatable bonds is 2. The van der Waals surface area contributed by atoms with Gasteiger partial charge in [0.1, 0.15) is 0 Å². The molecule has 0 bridgehead atoms. The molecule has 5 nitrogen and oxygen atoms in total. The van der Waals surface area contributed by atoms with Gasteiger partial charge in [-0.15, -0.1) is 6.58 Å². The summed E-state index contributed by atoms with van der Waals surface area (Å²) in [6.45, 7) is 3.22. The molecule has 10 heavy (non-hydrogen) atoms. The van der Waals surface area contributed by atoms with Crippen molar-refractivity contribution in [1.29, 1.82) is 0 Å². The Bertz CT molecular complexity index is 129. The maximum atomic E-state index is 9.53. The molecule has 0 spiro atoms. The lowest BCUT2D eigenvalue weighted by molar-refractivity contribution is -0.135. The van der Waals surface area contributed by atoms with Gasteiger partial charge in [-0.2, -0.15) is 0 Å². The first-order chi connectivity index (χ1) is 4.50. The molecule has 58 valence electrons. The summed E-state index contributed by atoms with van der Waals surface area (Å²) in [4.78, 5) is 18.5. The molecule has 0 atom stereocenters. The number of carbonyl (C=O) groups excluding carboxylic acids is 1. The highest BCUT2D eigenvalue weighted by Crippen LogP contribution is 1.74. The predicted molar refractivity (Wildman–Crippen MR) is 36.2 cm³/mol. The van der Waals surface area contributed by atoms with Crippen LogP contribution >= 0.6 is 0 Å². The zero-order chi connectivity index (χ0) is 8.57. The van der Waals surface area contributed by atoms with Gasteiger partial charge >= 0.3 is 12.0 Å². The zero-order valence-electron chi connectivity index (χ0n) is 5.41. The van der Waals surface area contributed by atoms with Crippen LogP contribution in [0.3, 0.4) is 0 Å². The van der Waals surface area contributed by atoms with Gasteiger partial charge in [0.2, 0.25) is 0 Å². The van der Waals surface area contributed by atoms with Crippen molar-refractivity contribution in [2.45, 2.75) is 6.42 Å². The van der Waals surface area contributed by atoms with Gasteiger partial charge in [-0.25, -0.2) is 4.79 Å². The van der Waals surface area contributed by atoms with E-state index in [2.05, 4.69) is 18.0 Å². The second kappa shape index (κ2) is 7.48. The summed E-state index contributed by atoms with van der Waals surface area (Å²) in [5.41, 5.74) is 8.50. The quantitative estimate of drug-likeness (QED) is 0.464. The number of hydrogen-bond acceptors (Lipinski definition) is 2. The van der Waals surface area contributed by atoms with Crippen molar-refractivity contribution in [2.75, 3.05) is 0 Å². The Kier molecular flexibility index (Phi) is 8.45. The Labute approximate surface area is 58.3 Å². The molecule has 0 unspecified atom stereocenters. The van der Waals surface area contributed by atoms with Gasteiger partial charge in [0.05, 0.1) is 6.42 Å². The van der Waals surface area contributed by atoms with Gasteiger partial charge in [0.25, 0.3) is 0 Å². The highest BCUT2D eigenvalue weighted by Gasteiger charge is 1.84.